The van der Waals surface area contributed by atoms with Gasteiger partial charge in [-0.25, -0.2) is 4.39 Å². The van der Waals surface area contributed by atoms with E-state index in [4.69, 9.17) is 0 Å². The van der Waals surface area contributed by atoms with Crippen LogP contribution >= 0.6 is 0 Å². The highest BCUT2D eigenvalue weighted by molar-refractivity contribution is 5.29. The molecule has 120 valence electrons. The molecule has 0 aliphatic carbocycles. The highest BCUT2D eigenvalue weighted by atomic mass is 19.4. The van der Waals surface area contributed by atoms with Crippen molar-refractivity contribution in [1.29, 1.82) is 0 Å². The van der Waals surface area contributed by atoms with Crippen molar-refractivity contribution in [2.75, 3.05) is 6.54 Å². The summed E-state index contributed by atoms with van der Waals surface area (Å²) in [5.74, 6) is -0.579. The molecule has 1 rings (SSSR count). The lowest BCUT2D eigenvalue weighted by Crippen LogP contribution is -2.22. The van der Waals surface area contributed by atoms with Gasteiger partial charge in [0.15, 0.2) is 0 Å². The molecule has 0 aliphatic rings. The zero-order valence-electron chi connectivity index (χ0n) is 12.6. The molecule has 1 nitrogen and oxygen atoms in total. The minimum Gasteiger partial charge on any atom is -0.310 e. The smallest absolute Gasteiger partial charge is 0.310 e. The van der Waals surface area contributed by atoms with E-state index in [1.165, 1.54) is 0 Å². The molecule has 0 spiro atoms. The van der Waals surface area contributed by atoms with Gasteiger partial charge in [0.2, 0.25) is 0 Å². The van der Waals surface area contributed by atoms with Crippen LogP contribution in [0.4, 0.5) is 17.6 Å². The summed E-state index contributed by atoms with van der Waals surface area (Å²) in [6, 6.07) is 2.27. The zero-order chi connectivity index (χ0) is 15.9. The van der Waals surface area contributed by atoms with Crippen LogP contribution in [0.15, 0.2) is 18.2 Å². The second kappa shape index (κ2) is 8.37. The standard InChI is InChI=1S/C16H23F4N/c1-3-5-6-7-8-15(21-4-2)13-11-12(16(18,19)20)9-10-14(13)17/h9-11,15,21H,3-8H2,1-2H3. The molecule has 0 radical (unpaired) electrons. The summed E-state index contributed by atoms with van der Waals surface area (Å²) < 4.78 is 52.2. The summed E-state index contributed by atoms with van der Waals surface area (Å²) in [6.45, 7) is 4.55. The minimum absolute atomic E-state index is 0.114. The average Bonchev–Trinajstić information content (AvgIpc) is 2.42. The van der Waals surface area contributed by atoms with E-state index in [9.17, 15) is 17.6 Å². The normalized spacial score (nSPS) is 13.4. The number of rotatable bonds is 8. The van der Waals surface area contributed by atoms with Crippen LogP contribution in [0.2, 0.25) is 0 Å². The van der Waals surface area contributed by atoms with E-state index < -0.39 is 17.6 Å². The first kappa shape index (κ1) is 18.0. The van der Waals surface area contributed by atoms with Crippen molar-refractivity contribution < 1.29 is 17.6 Å². The quantitative estimate of drug-likeness (QED) is 0.496. The first-order valence-electron chi connectivity index (χ1n) is 7.50. The van der Waals surface area contributed by atoms with Crippen molar-refractivity contribution in [2.45, 2.75) is 58.2 Å². The van der Waals surface area contributed by atoms with Crippen LogP contribution in [0.5, 0.6) is 0 Å². The predicted octanol–water partition coefficient (Wildman–Crippen LogP) is 5.47. The molecular formula is C16H23F4N. The summed E-state index contributed by atoms with van der Waals surface area (Å²) in [4.78, 5) is 0. The molecule has 1 aromatic rings. The average molecular weight is 305 g/mol. The summed E-state index contributed by atoms with van der Waals surface area (Å²) >= 11 is 0. The van der Waals surface area contributed by atoms with E-state index in [1.54, 1.807) is 0 Å². The largest absolute Gasteiger partial charge is 0.416 e. The maximum Gasteiger partial charge on any atom is 0.416 e. The number of halogens is 4. The Hall–Kier alpha value is -1.10. The van der Waals surface area contributed by atoms with Crippen LogP contribution in [-0.2, 0) is 6.18 Å². The van der Waals surface area contributed by atoms with Crippen molar-refractivity contribution in [2.24, 2.45) is 0 Å². The van der Waals surface area contributed by atoms with Gasteiger partial charge in [0.05, 0.1) is 5.56 Å². The van der Waals surface area contributed by atoms with Crippen LogP contribution in [0, 0.1) is 5.82 Å². The maximum absolute atomic E-state index is 13.9. The number of nitrogens with one attached hydrogen (secondary N) is 1. The second-order valence-electron chi connectivity index (χ2n) is 5.19. The van der Waals surface area contributed by atoms with E-state index in [1.807, 2.05) is 6.92 Å². The lowest BCUT2D eigenvalue weighted by molar-refractivity contribution is -0.137. The lowest BCUT2D eigenvalue weighted by atomic mass is 9.97. The first-order valence-corrected chi connectivity index (χ1v) is 7.50. The van der Waals surface area contributed by atoms with Gasteiger partial charge in [-0.1, -0.05) is 39.5 Å². The van der Waals surface area contributed by atoms with Crippen LogP contribution in [-0.4, -0.2) is 6.54 Å². The van der Waals surface area contributed by atoms with Crippen LogP contribution in [0.1, 0.15) is 63.1 Å². The monoisotopic (exact) mass is 305 g/mol. The molecule has 0 aliphatic heterocycles. The fraction of sp³-hybridized carbons (Fsp3) is 0.625. The van der Waals surface area contributed by atoms with E-state index in [0.29, 0.717) is 13.0 Å². The molecular weight excluding hydrogens is 282 g/mol. The summed E-state index contributed by atoms with van der Waals surface area (Å²) in [6.07, 6.45) is 0.265. The molecule has 0 saturated heterocycles. The predicted molar refractivity (Wildman–Crippen MR) is 76.6 cm³/mol. The Bertz CT molecular complexity index is 429. The topological polar surface area (TPSA) is 12.0 Å². The number of hydrogen-bond acceptors (Lipinski definition) is 1. The number of benzene rings is 1. The third-order valence-corrected chi connectivity index (χ3v) is 3.50. The maximum atomic E-state index is 13.9. The Morgan fingerprint density at radius 2 is 1.81 bits per heavy atom. The molecule has 0 heterocycles. The Morgan fingerprint density at radius 1 is 1.10 bits per heavy atom. The van der Waals surface area contributed by atoms with Gasteiger partial charge in [-0.15, -0.1) is 0 Å². The zero-order valence-corrected chi connectivity index (χ0v) is 12.6. The molecule has 0 amide bonds. The van der Waals surface area contributed by atoms with Crippen molar-refractivity contribution in [3.05, 3.63) is 35.1 Å². The molecule has 0 fully saturated rings. The fourth-order valence-corrected chi connectivity index (χ4v) is 2.38. The highest BCUT2D eigenvalue weighted by Gasteiger charge is 2.31. The van der Waals surface area contributed by atoms with E-state index in [-0.39, 0.29) is 11.6 Å². The van der Waals surface area contributed by atoms with Gasteiger partial charge in [-0.05, 0) is 31.2 Å². The van der Waals surface area contributed by atoms with Crippen LogP contribution < -0.4 is 5.32 Å². The molecule has 0 bridgehead atoms. The Kier molecular flexibility index (Phi) is 7.15. The molecule has 5 heteroatoms. The Morgan fingerprint density at radius 3 is 2.38 bits per heavy atom. The van der Waals surface area contributed by atoms with Crippen LogP contribution in [0.25, 0.3) is 0 Å². The minimum atomic E-state index is -4.44. The summed E-state index contributed by atoms with van der Waals surface area (Å²) in [5, 5.41) is 3.09. The highest BCUT2D eigenvalue weighted by Crippen LogP contribution is 2.33. The van der Waals surface area contributed by atoms with Gasteiger partial charge in [-0.3, -0.25) is 0 Å². The second-order valence-corrected chi connectivity index (χ2v) is 5.19. The van der Waals surface area contributed by atoms with Crippen molar-refractivity contribution in [1.82, 2.24) is 5.32 Å². The van der Waals surface area contributed by atoms with Gasteiger partial charge >= 0.3 is 6.18 Å². The van der Waals surface area contributed by atoms with Gasteiger partial charge < -0.3 is 5.32 Å². The van der Waals surface area contributed by atoms with Gasteiger partial charge in [0.1, 0.15) is 5.82 Å². The summed E-state index contributed by atoms with van der Waals surface area (Å²) in [7, 11) is 0. The van der Waals surface area contributed by atoms with Crippen molar-refractivity contribution in [3.63, 3.8) is 0 Å². The number of hydrogen-bond donors (Lipinski definition) is 1. The molecule has 1 N–H and O–H groups in total. The van der Waals surface area contributed by atoms with E-state index in [0.717, 1.165) is 43.9 Å². The molecule has 1 aromatic carbocycles. The third-order valence-electron chi connectivity index (χ3n) is 3.50. The molecule has 1 unspecified atom stereocenters. The van der Waals surface area contributed by atoms with Crippen molar-refractivity contribution in [3.8, 4) is 0 Å². The molecule has 0 saturated carbocycles. The first-order chi connectivity index (χ1) is 9.90. The Labute approximate surface area is 123 Å². The SMILES string of the molecule is CCCCCCC(NCC)c1cc(C(F)(F)F)ccc1F. The molecule has 1 atom stereocenters. The fourth-order valence-electron chi connectivity index (χ4n) is 2.38. The molecule has 21 heavy (non-hydrogen) atoms. The number of alkyl halides is 3. The third kappa shape index (κ3) is 5.65. The summed E-state index contributed by atoms with van der Waals surface area (Å²) in [5.41, 5.74) is -0.682. The number of unbranched alkanes of at least 4 members (excludes halogenated alkanes) is 3. The van der Waals surface area contributed by atoms with Crippen molar-refractivity contribution >= 4 is 0 Å². The lowest BCUT2D eigenvalue weighted by Gasteiger charge is -2.20. The van der Waals surface area contributed by atoms with Crippen LogP contribution in [0.3, 0.4) is 0 Å². The Balaban J connectivity index is 2.90. The van der Waals surface area contributed by atoms with Gasteiger partial charge in [-0.2, -0.15) is 13.2 Å². The molecule has 0 aromatic heterocycles. The van der Waals surface area contributed by atoms with E-state index >= 15 is 0 Å². The van der Waals surface area contributed by atoms with E-state index in [2.05, 4.69) is 12.2 Å². The van der Waals surface area contributed by atoms with Gasteiger partial charge in [0.25, 0.3) is 0 Å². The van der Waals surface area contributed by atoms with Gasteiger partial charge in [0, 0.05) is 11.6 Å².